The Balaban J connectivity index is 1.65. The summed E-state index contributed by atoms with van der Waals surface area (Å²) in [7, 11) is 0. The molecule has 15 heavy (non-hydrogen) atoms. The van der Waals surface area contributed by atoms with Gasteiger partial charge in [-0.1, -0.05) is 0 Å². The Kier molecular flexibility index (Phi) is 2.66. The molecule has 5 heteroatoms. The van der Waals surface area contributed by atoms with E-state index in [-0.39, 0.29) is 24.8 Å². The Morgan fingerprint density at radius 2 is 2.07 bits per heavy atom. The summed E-state index contributed by atoms with van der Waals surface area (Å²) in [6.07, 6.45) is 1.63. The minimum atomic E-state index is -2.62. The zero-order chi connectivity index (χ0) is 11.1. The van der Waals surface area contributed by atoms with Crippen LogP contribution in [0, 0.1) is 11.8 Å². The summed E-state index contributed by atoms with van der Waals surface area (Å²) < 4.78 is 25.0. The van der Waals surface area contributed by atoms with Crippen molar-refractivity contribution < 1.29 is 13.6 Å². The van der Waals surface area contributed by atoms with E-state index >= 15 is 0 Å². The molecule has 2 fully saturated rings. The van der Waals surface area contributed by atoms with Crippen molar-refractivity contribution in [2.45, 2.75) is 37.6 Å². The minimum absolute atomic E-state index is 0.00506. The highest BCUT2D eigenvalue weighted by molar-refractivity contribution is 5.79. The van der Waals surface area contributed by atoms with Gasteiger partial charge in [0.2, 0.25) is 11.8 Å². The molecule has 0 aromatic carbocycles. The van der Waals surface area contributed by atoms with Crippen molar-refractivity contribution in [3.8, 4) is 0 Å². The second kappa shape index (κ2) is 3.70. The summed E-state index contributed by atoms with van der Waals surface area (Å²) in [6.45, 7) is 0.422. The predicted molar refractivity (Wildman–Crippen MR) is 51.4 cm³/mol. The maximum absolute atomic E-state index is 12.5. The maximum Gasteiger partial charge on any atom is 0.249 e. The van der Waals surface area contributed by atoms with Gasteiger partial charge in [-0.15, -0.1) is 0 Å². The molecule has 2 rings (SSSR count). The number of carbonyl (C=O) groups excluding carboxylic acids is 1. The fourth-order valence-electron chi connectivity index (χ4n) is 1.90. The Labute approximate surface area is 87.4 Å². The Bertz CT molecular complexity index is 258. The first-order chi connectivity index (χ1) is 6.98. The Morgan fingerprint density at radius 3 is 2.53 bits per heavy atom. The fraction of sp³-hybridized carbons (Fsp3) is 0.900. The van der Waals surface area contributed by atoms with E-state index in [4.69, 9.17) is 5.73 Å². The van der Waals surface area contributed by atoms with E-state index in [1.54, 1.807) is 0 Å². The van der Waals surface area contributed by atoms with Crippen molar-refractivity contribution >= 4 is 5.91 Å². The number of rotatable bonds is 4. The molecule has 1 atom stereocenters. The summed E-state index contributed by atoms with van der Waals surface area (Å²) >= 11 is 0. The lowest BCUT2D eigenvalue weighted by molar-refractivity contribution is -0.150. The summed E-state index contributed by atoms with van der Waals surface area (Å²) in [4.78, 5) is 11.4. The lowest BCUT2D eigenvalue weighted by atomic mass is 9.81. The number of hydrogen-bond acceptors (Lipinski definition) is 2. The second-order valence-electron chi connectivity index (χ2n) is 4.71. The first kappa shape index (κ1) is 10.8. The van der Waals surface area contributed by atoms with Crippen LogP contribution in [0.25, 0.3) is 0 Å². The summed E-state index contributed by atoms with van der Waals surface area (Å²) in [6, 6.07) is -0.00506. The molecule has 86 valence electrons. The van der Waals surface area contributed by atoms with Gasteiger partial charge >= 0.3 is 0 Å². The molecule has 3 N–H and O–H groups in total. The van der Waals surface area contributed by atoms with Crippen molar-refractivity contribution in [3.05, 3.63) is 0 Å². The maximum atomic E-state index is 12.5. The van der Waals surface area contributed by atoms with Gasteiger partial charge in [0, 0.05) is 31.3 Å². The number of nitrogens with two attached hydrogens (primary N) is 1. The lowest BCUT2D eigenvalue weighted by Crippen LogP contribution is -2.47. The van der Waals surface area contributed by atoms with Gasteiger partial charge in [0.1, 0.15) is 0 Å². The molecular weight excluding hydrogens is 202 g/mol. The monoisotopic (exact) mass is 218 g/mol. The molecule has 0 aromatic heterocycles. The van der Waals surface area contributed by atoms with Crippen LogP contribution >= 0.6 is 0 Å². The summed E-state index contributed by atoms with van der Waals surface area (Å²) in [5, 5.41) is 2.65. The third-order valence-corrected chi connectivity index (χ3v) is 3.20. The zero-order valence-corrected chi connectivity index (χ0v) is 8.51. The van der Waals surface area contributed by atoms with Crippen LogP contribution in [0.1, 0.15) is 25.7 Å². The van der Waals surface area contributed by atoms with E-state index in [0.717, 1.165) is 12.8 Å². The van der Waals surface area contributed by atoms with Crippen LogP contribution in [0.3, 0.4) is 0 Å². The lowest BCUT2D eigenvalue weighted by Gasteiger charge is -2.33. The van der Waals surface area contributed by atoms with E-state index in [1.165, 1.54) is 0 Å². The standard InChI is InChI=1S/C10H16F2N2O/c11-10(12)3-7(4-10)9(15)14-5-8(13)6-1-2-6/h6-8H,1-5,13H2,(H,14,15). The molecule has 0 aromatic rings. The molecule has 1 amide bonds. The minimum Gasteiger partial charge on any atom is -0.354 e. The highest BCUT2D eigenvalue weighted by Crippen LogP contribution is 2.42. The number of alkyl halides is 2. The summed E-state index contributed by atoms with van der Waals surface area (Å²) in [5.41, 5.74) is 5.78. The van der Waals surface area contributed by atoms with E-state index in [2.05, 4.69) is 5.32 Å². The molecule has 2 aliphatic carbocycles. The number of halogens is 2. The van der Waals surface area contributed by atoms with Gasteiger partial charge in [-0.2, -0.15) is 0 Å². The molecule has 2 aliphatic rings. The topological polar surface area (TPSA) is 55.1 Å². The predicted octanol–water partition coefficient (Wildman–Crippen LogP) is 0.885. The van der Waals surface area contributed by atoms with Gasteiger partial charge in [-0.3, -0.25) is 4.79 Å². The van der Waals surface area contributed by atoms with Crippen LogP contribution in [-0.2, 0) is 4.79 Å². The average molecular weight is 218 g/mol. The molecule has 0 bridgehead atoms. The largest absolute Gasteiger partial charge is 0.354 e. The van der Waals surface area contributed by atoms with Crippen LogP contribution in [0.4, 0.5) is 8.78 Å². The number of hydrogen-bond donors (Lipinski definition) is 2. The van der Waals surface area contributed by atoms with Gasteiger partial charge in [0.05, 0.1) is 0 Å². The third-order valence-electron chi connectivity index (χ3n) is 3.20. The fourth-order valence-corrected chi connectivity index (χ4v) is 1.90. The van der Waals surface area contributed by atoms with Gasteiger partial charge in [-0.25, -0.2) is 8.78 Å². The van der Waals surface area contributed by atoms with Crippen molar-refractivity contribution in [3.63, 3.8) is 0 Å². The van der Waals surface area contributed by atoms with E-state index in [1.807, 2.05) is 0 Å². The molecule has 0 radical (unpaired) electrons. The number of nitrogens with one attached hydrogen (secondary N) is 1. The summed E-state index contributed by atoms with van der Waals surface area (Å²) in [5.74, 6) is -2.88. The first-order valence-corrected chi connectivity index (χ1v) is 5.39. The van der Waals surface area contributed by atoms with Crippen molar-refractivity contribution in [1.29, 1.82) is 0 Å². The second-order valence-corrected chi connectivity index (χ2v) is 4.71. The Hall–Kier alpha value is -0.710. The van der Waals surface area contributed by atoms with Gasteiger partial charge in [-0.05, 0) is 18.8 Å². The quantitative estimate of drug-likeness (QED) is 0.736. The molecule has 0 aliphatic heterocycles. The van der Waals surface area contributed by atoms with Crippen molar-refractivity contribution in [2.24, 2.45) is 17.6 Å². The van der Waals surface area contributed by atoms with E-state index in [9.17, 15) is 13.6 Å². The van der Waals surface area contributed by atoms with Gasteiger partial charge in [0.15, 0.2) is 0 Å². The number of carbonyl (C=O) groups is 1. The molecule has 0 saturated heterocycles. The smallest absolute Gasteiger partial charge is 0.249 e. The highest BCUT2D eigenvalue weighted by atomic mass is 19.3. The van der Waals surface area contributed by atoms with Crippen LogP contribution in [0.2, 0.25) is 0 Å². The SMILES string of the molecule is NC(CNC(=O)C1CC(F)(F)C1)C1CC1. The van der Waals surface area contributed by atoms with Crippen LogP contribution in [0.5, 0.6) is 0 Å². The molecule has 0 heterocycles. The first-order valence-electron chi connectivity index (χ1n) is 5.39. The van der Waals surface area contributed by atoms with Gasteiger partial charge < -0.3 is 11.1 Å². The Morgan fingerprint density at radius 1 is 1.47 bits per heavy atom. The molecule has 0 spiro atoms. The zero-order valence-electron chi connectivity index (χ0n) is 8.51. The van der Waals surface area contributed by atoms with E-state index in [0.29, 0.717) is 12.5 Å². The molecular formula is C10H16F2N2O. The van der Waals surface area contributed by atoms with Crippen molar-refractivity contribution in [2.75, 3.05) is 6.54 Å². The molecule has 1 unspecified atom stereocenters. The highest BCUT2D eigenvalue weighted by Gasteiger charge is 2.48. The number of amides is 1. The van der Waals surface area contributed by atoms with Crippen LogP contribution in [-0.4, -0.2) is 24.4 Å². The van der Waals surface area contributed by atoms with Crippen molar-refractivity contribution in [1.82, 2.24) is 5.32 Å². The molecule has 2 saturated carbocycles. The normalized spacial score (nSPS) is 26.9. The third kappa shape index (κ3) is 2.65. The van der Waals surface area contributed by atoms with Crippen LogP contribution in [0.15, 0.2) is 0 Å². The van der Waals surface area contributed by atoms with Gasteiger partial charge in [0.25, 0.3) is 0 Å². The molecule has 3 nitrogen and oxygen atoms in total. The van der Waals surface area contributed by atoms with Crippen LogP contribution < -0.4 is 11.1 Å². The average Bonchev–Trinajstić information content (AvgIpc) is 2.92. The van der Waals surface area contributed by atoms with E-state index < -0.39 is 11.8 Å².